The number of likely N-dealkylation sites (N-methyl/N-ethyl adjacent to an activating group) is 1. The average Bonchev–Trinajstić information content (AvgIpc) is 2.02. The van der Waals surface area contributed by atoms with E-state index in [1.807, 2.05) is 0 Å². The van der Waals surface area contributed by atoms with Gasteiger partial charge in [0.15, 0.2) is 0 Å². The quantitative estimate of drug-likeness (QED) is 0.511. The fourth-order valence-corrected chi connectivity index (χ4v) is 0.943. The van der Waals surface area contributed by atoms with Crippen molar-refractivity contribution in [1.82, 2.24) is 15.5 Å². The molecule has 0 rings (SSSR count). The van der Waals surface area contributed by atoms with Crippen molar-refractivity contribution in [3.05, 3.63) is 0 Å². The lowest BCUT2D eigenvalue weighted by molar-refractivity contribution is 0.399. The second kappa shape index (κ2) is 8.97. The van der Waals surface area contributed by atoms with Gasteiger partial charge < -0.3 is 15.5 Å². The smallest absolute Gasteiger partial charge is 0.0101 e. The van der Waals surface area contributed by atoms with E-state index in [4.69, 9.17) is 0 Å². The summed E-state index contributed by atoms with van der Waals surface area (Å²) in [6.07, 6.45) is 1.22. The molecule has 0 amide bonds. The van der Waals surface area contributed by atoms with Crippen LogP contribution in [0.25, 0.3) is 0 Å². The van der Waals surface area contributed by atoms with Crippen molar-refractivity contribution < 1.29 is 0 Å². The Balaban J connectivity index is 2.82. The van der Waals surface area contributed by atoms with E-state index >= 15 is 0 Å². The van der Waals surface area contributed by atoms with Gasteiger partial charge in [0, 0.05) is 13.1 Å². The first-order valence-corrected chi connectivity index (χ1v) is 4.83. The lowest BCUT2D eigenvalue weighted by atomic mass is 10.4. The highest BCUT2D eigenvalue weighted by molar-refractivity contribution is 4.52. The molecular weight excluding hydrogens is 150 g/mol. The minimum absolute atomic E-state index is 1.08. The van der Waals surface area contributed by atoms with Crippen LogP contribution in [0.2, 0.25) is 0 Å². The second-order valence-electron chi connectivity index (χ2n) is 3.26. The Bertz CT molecular complexity index is 83.8. The molecule has 0 radical (unpaired) electrons. The Morgan fingerprint density at radius 2 is 1.67 bits per heavy atom. The van der Waals surface area contributed by atoms with Crippen LogP contribution >= 0.6 is 0 Å². The van der Waals surface area contributed by atoms with Gasteiger partial charge in [-0.2, -0.15) is 0 Å². The third-order valence-electron chi connectivity index (χ3n) is 1.69. The van der Waals surface area contributed by atoms with E-state index in [0.717, 1.165) is 32.7 Å². The van der Waals surface area contributed by atoms with E-state index in [9.17, 15) is 0 Å². The molecule has 0 atom stereocenters. The predicted octanol–water partition coefficient (Wildman–Crippen LogP) is 0.137. The summed E-state index contributed by atoms with van der Waals surface area (Å²) >= 11 is 0. The van der Waals surface area contributed by atoms with Crippen LogP contribution in [0.1, 0.15) is 13.3 Å². The number of rotatable bonds is 8. The molecule has 2 N–H and O–H groups in total. The van der Waals surface area contributed by atoms with Gasteiger partial charge in [-0.3, -0.25) is 0 Å². The second-order valence-corrected chi connectivity index (χ2v) is 3.26. The van der Waals surface area contributed by atoms with Crippen LogP contribution in [0.4, 0.5) is 0 Å². The van der Waals surface area contributed by atoms with Gasteiger partial charge in [-0.25, -0.2) is 0 Å². The number of hydrogen-bond acceptors (Lipinski definition) is 3. The monoisotopic (exact) mass is 173 g/mol. The summed E-state index contributed by atoms with van der Waals surface area (Å²) in [6, 6.07) is 0. The third kappa shape index (κ3) is 9.88. The Morgan fingerprint density at radius 1 is 1.00 bits per heavy atom. The molecule has 3 heteroatoms. The molecule has 0 fully saturated rings. The predicted molar refractivity (Wildman–Crippen MR) is 54.6 cm³/mol. The molecule has 0 bridgehead atoms. The summed E-state index contributed by atoms with van der Waals surface area (Å²) in [5, 5.41) is 6.69. The molecule has 0 unspecified atom stereocenters. The molecule has 74 valence electrons. The minimum Gasteiger partial charge on any atom is -0.317 e. The van der Waals surface area contributed by atoms with Crippen molar-refractivity contribution in [2.24, 2.45) is 0 Å². The molecule has 0 aliphatic rings. The highest BCUT2D eigenvalue weighted by Gasteiger charge is 1.89. The first kappa shape index (κ1) is 11.9. The Labute approximate surface area is 76.5 Å². The first-order chi connectivity index (χ1) is 5.77. The zero-order valence-electron chi connectivity index (χ0n) is 8.69. The zero-order valence-corrected chi connectivity index (χ0v) is 8.69. The maximum absolute atomic E-state index is 3.39. The van der Waals surface area contributed by atoms with Crippen LogP contribution < -0.4 is 10.6 Å². The Morgan fingerprint density at radius 3 is 2.25 bits per heavy atom. The normalized spacial score (nSPS) is 11.0. The van der Waals surface area contributed by atoms with Gasteiger partial charge >= 0.3 is 0 Å². The SMILES string of the molecule is CCNCCCNCCN(C)C. The lowest BCUT2D eigenvalue weighted by Crippen LogP contribution is -2.28. The van der Waals surface area contributed by atoms with Crippen molar-refractivity contribution in [1.29, 1.82) is 0 Å². The Kier molecular flexibility index (Phi) is 8.88. The van der Waals surface area contributed by atoms with E-state index in [0.29, 0.717) is 0 Å². The van der Waals surface area contributed by atoms with Crippen LogP contribution in [0.15, 0.2) is 0 Å². The topological polar surface area (TPSA) is 27.3 Å². The van der Waals surface area contributed by atoms with Crippen LogP contribution in [0, 0.1) is 0 Å². The molecule has 0 saturated heterocycles. The van der Waals surface area contributed by atoms with Crippen molar-refractivity contribution in [2.75, 3.05) is 46.8 Å². The summed E-state index contributed by atoms with van der Waals surface area (Å²) < 4.78 is 0. The summed E-state index contributed by atoms with van der Waals surface area (Å²) in [7, 11) is 4.20. The van der Waals surface area contributed by atoms with Crippen molar-refractivity contribution in [2.45, 2.75) is 13.3 Å². The molecule has 0 aromatic carbocycles. The number of nitrogens with one attached hydrogen (secondary N) is 2. The van der Waals surface area contributed by atoms with Crippen molar-refractivity contribution in [3.63, 3.8) is 0 Å². The van der Waals surface area contributed by atoms with Crippen LogP contribution in [-0.4, -0.2) is 51.7 Å². The molecule has 12 heavy (non-hydrogen) atoms. The molecule has 0 spiro atoms. The standard InChI is InChI=1S/C9H23N3/c1-4-10-6-5-7-11-8-9-12(2)3/h10-11H,4-9H2,1-3H3. The molecule has 0 saturated carbocycles. The highest BCUT2D eigenvalue weighted by atomic mass is 15.1. The largest absolute Gasteiger partial charge is 0.317 e. The summed E-state index contributed by atoms with van der Waals surface area (Å²) in [6.45, 7) is 7.70. The summed E-state index contributed by atoms with van der Waals surface area (Å²) in [5.74, 6) is 0. The van der Waals surface area contributed by atoms with Gasteiger partial charge in [0.1, 0.15) is 0 Å². The van der Waals surface area contributed by atoms with Gasteiger partial charge in [-0.15, -0.1) is 0 Å². The van der Waals surface area contributed by atoms with Gasteiger partial charge in [0.05, 0.1) is 0 Å². The minimum atomic E-state index is 1.08. The number of hydrogen-bond donors (Lipinski definition) is 2. The molecule has 3 nitrogen and oxygen atoms in total. The van der Waals surface area contributed by atoms with Crippen molar-refractivity contribution >= 4 is 0 Å². The molecule has 0 heterocycles. The summed E-state index contributed by atoms with van der Waals surface area (Å²) in [5.41, 5.74) is 0. The van der Waals surface area contributed by atoms with Gasteiger partial charge in [0.2, 0.25) is 0 Å². The van der Waals surface area contributed by atoms with Crippen molar-refractivity contribution in [3.8, 4) is 0 Å². The van der Waals surface area contributed by atoms with E-state index in [2.05, 4.69) is 36.6 Å². The summed E-state index contributed by atoms with van der Waals surface area (Å²) in [4.78, 5) is 2.19. The third-order valence-corrected chi connectivity index (χ3v) is 1.69. The van der Waals surface area contributed by atoms with Crippen LogP contribution in [-0.2, 0) is 0 Å². The van der Waals surface area contributed by atoms with E-state index in [-0.39, 0.29) is 0 Å². The van der Waals surface area contributed by atoms with Crippen LogP contribution in [0.3, 0.4) is 0 Å². The molecule has 0 aliphatic heterocycles. The lowest BCUT2D eigenvalue weighted by Gasteiger charge is -2.10. The average molecular weight is 173 g/mol. The fraction of sp³-hybridized carbons (Fsp3) is 1.00. The molecule has 0 aromatic rings. The molecule has 0 aromatic heterocycles. The number of nitrogens with zero attached hydrogens (tertiary/aromatic N) is 1. The van der Waals surface area contributed by atoms with E-state index < -0.39 is 0 Å². The van der Waals surface area contributed by atoms with Gasteiger partial charge in [0.25, 0.3) is 0 Å². The molecular formula is C9H23N3. The van der Waals surface area contributed by atoms with E-state index in [1.54, 1.807) is 0 Å². The zero-order chi connectivity index (χ0) is 9.23. The highest BCUT2D eigenvalue weighted by Crippen LogP contribution is 1.74. The maximum Gasteiger partial charge on any atom is 0.0101 e. The van der Waals surface area contributed by atoms with Gasteiger partial charge in [-0.1, -0.05) is 6.92 Å². The maximum atomic E-state index is 3.39. The fourth-order valence-electron chi connectivity index (χ4n) is 0.943. The van der Waals surface area contributed by atoms with Crippen LogP contribution in [0.5, 0.6) is 0 Å². The van der Waals surface area contributed by atoms with E-state index in [1.165, 1.54) is 6.42 Å². The Hall–Kier alpha value is -0.120. The first-order valence-electron chi connectivity index (χ1n) is 4.83. The van der Waals surface area contributed by atoms with Gasteiger partial charge in [-0.05, 0) is 40.2 Å². The molecule has 0 aliphatic carbocycles.